The zero-order chi connectivity index (χ0) is 25.9. The lowest BCUT2D eigenvalue weighted by molar-refractivity contribution is 0.0734. The third-order valence-corrected chi connectivity index (χ3v) is 7.36. The molecule has 0 aromatic heterocycles. The van der Waals surface area contributed by atoms with Crippen molar-refractivity contribution in [3.63, 3.8) is 0 Å². The molecule has 6 nitrogen and oxygen atoms in total. The molecule has 4 aromatic carbocycles. The van der Waals surface area contributed by atoms with Crippen LogP contribution in [-0.4, -0.2) is 20.3 Å². The Morgan fingerprint density at radius 1 is 0.694 bits per heavy atom. The SMILES string of the molecule is Cc1ccc(C(=O)Oc2ccc(N(C(=O)c3ccc(C)cc3)S(=O)(=O)c3ccccc3)c(C)c2)cc1. The maximum Gasteiger partial charge on any atom is 0.343 e. The average Bonchev–Trinajstić information content (AvgIpc) is 2.86. The normalized spacial score (nSPS) is 11.1. The summed E-state index contributed by atoms with van der Waals surface area (Å²) >= 11 is 0. The molecule has 1 amide bonds. The summed E-state index contributed by atoms with van der Waals surface area (Å²) in [7, 11) is -4.24. The number of anilines is 1. The number of nitrogens with zero attached hydrogens (tertiary/aromatic N) is 1. The highest BCUT2D eigenvalue weighted by Crippen LogP contribution is 2.31. The van der Waals surface area contributed by atoms with E-state index >= 15 is 0 Å². The van der Waals surface area contributed by atoms with Gasteiger partial charge in [-0.25, -0.2) is 13.2 Å². The van der Waals surface area contributed by atoms with E-state index in [4.69, 9.17) is 4.74 Å². The zero-order valence-electron chi connectivity index (χ0n) is 20.1. The number of rotatable bonds is 6. The highest BCUT2D eigenvalue weighted by atomic mass is 32.2. The summed E-state index contributed by atoms with van der Waals surface area (Å²) < 4.78 is 33.6. The van der Waals surface area contributed by atoms with Crippen LogP contribution < -0.4 is 9.04 Å². The molecule has 0 bridgehead atoms. The largest absolute Gasteiger partial charge is 0.423 e. The third-order valence-electron chi connectivity index (χ3n) is 5.65. The fourth-order valence-electron chi connectivity index (χ4n) is 3.63. The Bertz CT molecular complexity index is 1510. The fourth-order valence-corrected chi connectivity index (χ4v) is 5.13. The van der Waals surface area contributed by atoms with Gasteiger partial charge in [0, 0.05) is 5.56 Å². The molecule has 0 unspecified atom stereocenters. The summed E-state index contributed by atoms with van der Waals surface area (Å²) in [6.45, 7) is 5.46. The molecule has 4 aromatic rings. The van der Waals surface area contributed by atoms with Gasteiger partial charge in [0.15, 0.2) is 0 Å². The number of aryl methyl sites for hydroxylation is 3. The molecule has 0 heterocycles. The highest BCUT2D eigenvalue weighted by Gasteiger charge is 2.33. The molecule has 0 aliphatic carbocycles. The Morgan fingerprint density at radius 2 is 1.25 bits per heavy atom. The first-order valence-corrected chi connectivity index (χ1v) is 12.7. The monoisotopic (exact) mass is 499 g/mol. The van der Waals surface area contributed by atoms with E-state index in [0.29, 0.717) is 11.1 Å². The van der Waals surface area contributed by atoms with E-state index in [1.165, 1.54) is 30.3 Å². The van der Waals surface area contributed by atoms with Crippen LogP contribution >= 0.6 is 0 Å². The molecule has 182 valence electrons. The van der Waals surface area contributed by atoms with Crippen molar-refractivity contribution in [2.75, 3.05) is 4.31 Å². The van der Waals surface area contributed by atoms with Crippen molar-refractivity contribution in [2.45, 2.75) is 25.7 Å². The number of benzene rings is 4. The van der Waals surface area contributed by atoms with Crippen LogP contribution in [0.15, 0.2) is 102 Å². The molecule has 0 spiro atoms. The number of sulfonamides is 1. The van der Waals surface area contributed by atoms with E-state index in [1.807, 2.05) is 26.0 Å². The van der Waals surface area contributed by atoms with Crippen molar-refractivity contribution in [2.24, 2.45) is 0 Å². The van der Waals surface area contributed by atoms with Gasteiger partial charge in [0.05, 0.1) is 16.1 Å². The molecule has 0 aliphatic rings. The van der Waals surface area contributed by atoms with E-state index in [0.717, 1.165) is 15.4 Å². The summed E-state index contributed by atoms with van der Waals surface area (Å²) in [5.41, 5.74) is 3.20. The average molecular weight is 500 g/mol. The number of ether oxygens (including phenoxy) is 1. The molecule has 0 saturated heterocycles. The summed E-state index contributed by atoms with van der Waals surface area (Å²) in [5.74, 6) is -0.986. The Balaban J connectivity index is 1.73. The number of carbonyl (C=O) groups is 2. The lowest BCUT2D eigenvalue weighted by Crippen LogP contribution is -2.37. The number of carbonyl (C=O) groups excluding carboxylic acids is 2. The van der Waals surface area contributed by atoms with Crippen molar-refractivity contribution in [1.29, 1.82) is 0 Å². The quantitative estimate of drug-likeness (QED) is 0.245. The minimum absolute atomic E-state index is 0.0141. The lowest BCUT2D eigenvalue weighted by Gasteiger charge is -2.24. The van der Waals surface area contributed by atoms with Crippen LogP contribution in [0.25, 0.3) is 0 Å². The van der Waals surface area contributed by atoms with Crippen LogP contribution in [0.2, 0.25) is 0 Å². The van der Waals surface area contributed by atoms with E-state index in [-0.39, 0.29) is 21.9 Å². The minimum atomic E-state index is -4.24. The number of hydrogen-bond donors (Lipinski definition) is 0. The molecule has 7 heteroatoms. The van der Waals surface area contributed by atoms with Crippen LogP contribution in [0.5, 0.6) is 5.75 Å². The molecule has 36 heavy (non-hydrogen) atoms. The van der Waals surface area contributed by atoms with Gasteiger partial charge in [-0.05, 0) is 80.9 Å². The first-order chi connectivity index (χ1) is 17.2. The first-order valence-electron chi connectivity index (χ1n) is 11.3. The topological polar surface area (TPSA) is 80.8 Å². The predicted octanol–water partition coefficient (Wildman–Crippen LogP) is 5.87. The van der Waals surface area contributed by atoms with Crippen LogP contribution in [-0.2, 0) is 10.0 Å². The number of hydrogen-bond acceptors (Lipinski definition) is 5. The summed E-state index contributed by atoms with van der Waals surface area (Å²) in [6.07, 6.45) is 0. The highest BCUT2D eigenvalue weighted by molar-refractivity contribution is 7.93. The van der Waals surface area contributed by atoms with Gasteiger partial charge in [-0.15, -0.1) is 0 Å². The van der Waals surface area contributed by atoms with E-state index in [2.05, 4.69) is 0 Å². The zero-order valence-corrected chi connectivity index (χ0v) is 21.0. The molecule has 0 fully saturated rings. The smallest absolute Gasteiger partial charge is 0.343 e. The van der Waals surface area contributed by atoms with Crippen molar-refractivity contribution in [1.82, 2.24) is 0 Å². The Morgan fingerprint density at radius 3 is 1.81 bits per heavy atom. The van der Waals surface area contributed by atoms with E-state index < -0.39 is 21.9 Å². The molecular formula is C29H25NO5S. The Hall–Kier alpha value is -4.23. The van der Waals surface area contributed by atoms with Crippen LogP contribution in [0.3, 0.4) is 0 Å². The van der Waals surface area contributed by atoms with Gasteiger partial charge in [-0.1, -0.05) is 53.6 Å². The van der Waals surface area contributed by atoms with Crippen molar-refractivity contribution in [3.05, 3.63) is 125 Å². The molecule has 0 radical (unpaired) electrons. The minimum Gasteiger partial charge on any atom is -0.423 e. The Kier molecular flexibility index (Phi) is 7.03. The third kappa shape index (κ3) is 5.21. The van der Waals surface area contributed by atoms with Crippen LogP contribution in [0, 0.1) is 20.8 Å². The summed E-state index contributed by atoms with van der Waals surface area (Å²) in [6, 6.07) is 25.9. The van der Waals surface area contributed by atoms with Crippen molar-refractivity contribution < 1.29 is 22.7 Å². The molecule has 0 N–H and O–H groups in total. The van der Waals surface area contributed by atoms with Crippen LogP contribution in [0.1, 0.15) is 37.4 Å². The van der Waals surface area contributed by atoms with Gasteiger partial charge in [0.1, 0.15) is 5.75 Å². The summed E-state index contributed by atoms with van der Waals surface area (Å²) in [4.78, 5) is 26.1. The van der Waals surface area contributed by atoms with Gasteiger partial charge in [-0.3, -0.25) is 4.79 Å². The molecular weight excluding hydrogens is 474 g/mol. The second-order valence-electron chi connectivity index (χ2n) is 8.46. The van der Waals surface area contributed by atoms with Gasteiger partial charge in [-0.2, -0.15) is 4.31 Å². The van der Waals surface area contributed by atoms with Gasteiger partial charge in [0.25, 0.3) is 15.9 Å². The standard InChI is InChI=1S/C29H25NO5S/c1-20-9-13-23(14-10-20)28(31)30(36(33,34)26-7-5-4-6-8-26)27-18-17-25(19-22(27)3)35-29(32)24-15-11-21(2)12-16-24/h4-19H,1-3H3. The van der Waals surface area contributed by atoms with Gasteiger partial charge in [0.2, 0.25) is 0 Å². The first kappa shape index (κ1) is 24.9. The lowest BCUT2D eigenvalue weighted by atomic mass is 10.1. The molecule has 0 saturated carbocycles. The van der Waals surface area contributed by atoms with E-state index in [1.54, 1.807) is 61.5 Å². The second kappa shape index (κ2) is 10.2. The van der Waals surface area contributed by atoms with Gasteiger partial charge >= 0.3 is 5.97 Å². The maximum absolute atomic E-state index is 13.7. The van der Waals surface area contributed by atoms with Crippen molar-refractivity contribution >= 4 is 27.6 Å². The maximum atomic E-state index is 13.7. The Labute approximate surface area is 210 Å². The number of amides is 1. The van der Waals surface area contributed by atoms with Crippen molar-refractivity contribution in [3.8, 4) is 5.75 Å². The molecule has 0 atom stereocenters. The number of esters is 1. The molecule has 4 rings (SSSR count). The summed E-state index contributed by atoms with van der Waals surface area (Å²) in [5, 5.41) is 0. The fraction of sp³-hybridized carbons (Fsp3) is 0.103. The molecule has 0 aliphatic heterocycles. The van der Waals surface area contributed by atoms with Crippen LogP contribution in [0.4, 0.5) is 5.69 Å². The van der Waals surface area contributed by atoms with Gasteiger partial charge < -0.3 is 4.74 Å². The predicted molar refractivity (Wildman–Crippen MR) is 139 cm³/mol. The second-order valence-corrected chi connectivity index (χ2v) is 10.2. The van der Waals surface area contributed by atoms with E-state index in [9.17, 15) is 18.0 Å².